The Morgan fingerprint density at radius 2 is 1.81 bits per heavy atom. The molecule has 1 saturated heterocycles. The molecular weight excluding hydrogens is 595 g/mol. The Bertz CT molecular complexity index is 1500. The lowest BCUT2D eigenvalue weighted by molar-refractivity contribution is -0.160. The maximum Gasteiger partial charge on any atom is 0.416 e. The van der Waals surface area contributed by atoms with Crippen molar-refractivity contribution in [1.29, 1.82) is 0 Å². The minimum absolute atomic E-state index is 0.00637. The van der Waals surface area contributed by atoms with Crippen molar-refractivity contribution in [3.05, 3.63) is 52.0 Å². The zero-order valence-corrected chi connectivity index (χ0v) is 25.1. The molecule has 42 heavy (non-hydrogen) atoms. The molecule has 0 saturated carbocycles. The van der Waals surface area contributed by atoms with Crippen LogP contribution in [0.3, 0.4) is 0 Å². The van der Waals surface area contributed by atoms with Crippen molar-refractivity contribution in [2.75, 3.05) is 18.4 Å². The first kappa shape index (κ1) is 31.6. The molecule has 1 aliphatic heterocycles. The Kier molecular flexibility index (Phi) is 9.36. The highest BCUT2D eigenvalue weighted by molar-refractivity contribution is 7.22. The van der Waals surface area contributed by atoms with Crippen molar-refractivity contribution in [1.82, 2.24) is 9.88 Å². The van der Waals surface area contributed by atoms with Gasteiger partial charge in [-0.1, -0.05) is 29.4 Å². The first-order valence-electron chi connectivity index (χ1n) is 13.4. The Hall–Kier alpha value is -3.38. The first-order valence-corrected chi connectivity index (χ1v) is 14.6. The molecule has 8 nitrogen and oxygen atoms in total. The number of ether oxygens (including phenoxy) is 2. The van der Waals surface area contributed by atoms with Crippen LogP contribution in [-0.2, 0) is 15.7 Å². The summed E-state index contributed by atoms with van der Waals surface area (Å²) < 4.78 is 50.8. The number of alkyl halides is 3. The average molecular weight is 626 g/mol. The summed E-state index contributed by atoms with van der Waals surface area (Å²) in [5.41, 5.74) is -0.753. The predicted octanol–water partition coefficient (Wildman–Crippen LogP) is 7.86. The van der Waals surface area contributed by atoms with Crippen LogP contribution in [0.2, 0.25) is 5.02 Å². The van der Waals surface area contributed by atoms with Crippen LogP contribution in [0.15, 0.2) is 30.3 Å². The lowest BCUT2D eigenvalue weighted by Crippen LogP contribution is -2.39. The number of aromatic nitrogens is 1. The molecular formula is C29H31ClF3N3O5S. The number of thiazole rings is 1. The Balaban J connectivity index is 1.50. The maximum atomic E-state index is 13.3. The molecule has 13 heteroatoms. The number of benzene rings is 2. The molecule has 1 fully saturated rings. The molecule has 0 aliphatic carbocycles. The fraction of sp³-hybridized carbons (Fsp3) is 0.448. The molecule has 1 aromatic heterocycles. The van der Waals surface area contributed by atoms with Gasteiger partial charge in [-0.2, -0.15) is 13.2 Å². The molecule has 2 amide bonds. The first-order chi connectivity index (χ1) is 19.6. The third-order valence-electron chi connectivity index (χ3n) is 6.59. The van der Waals surface area contributed by atoms with Gasteiger partial charge in [-0.3, -0.25) is 14.9 Å². The average Bonchev–Trinajstić information content (AvgIpc) is 3.25. The van der Waals surface area contributed by atoms with Crippen LogP contribution >= 0.6 is 22.9 Å². The SMILES string of the molecule is Cc1cc(Cl)cc(C(=O)Nc2nc3ccc(C(F)(F)F)cc3s2)c1OC(=O)N1CCCCC(C(=O)OC(C)(C)C)CC1. The van der Waals surface area contributed by atoms with Crippen LogP contribution in [0.5, 0.6) is 5.75 Å². The van der Waals surface area contributed by atoms with E-state index >= 15 is 0 Å². The quantitative estimate of drug-likeness (QED) is 0.296. The Labute approximate surface area is 250 Å². The predicted molar refractivity (Wildman–Crippen MR) is 154 cm³/mol. The van der Waals surface area contributed by atoms with Crippen molar-refractivity contribution >= 4 is 56.3 Å². The van der Waals surface area contributed by atoms with Gasteiger partial charge in [-0.05, 0) is 82.9 Å². The van der Waals surface area contributed by atoms with Crippen LogP contribution < -0.4 is 10.1 Å². The van der Waals surface area contributed by atoms with E-state index in [-0.39, 0.29) is 44.6 Å². The molecule has 0 bridgehead atoms. The van der Waals surface area contributed by atoms with E-state index in [1.165, 1.54) is 17.0 Å². The number of halogens is 4. The molecule has 4 rings (SSSR count). The zero-order valence-electron chi connectivity index (χ0n) is 23.6. The molecule has 1 N–H and O–H groups in total. The molecule has 3 aromatic rings. The Morgan fingerprint density at radius 1 is 1.07 bits per heavy atom. The summed E-state index contributed by atoms with van der Waals surface area (Å²) in [4.78, 5) is 44.9. The van der Waals surface area contributed by atoms with E-state index < -0.39 is 29.3 Å². The number of fused-ring (bicyclic) bond motifs is 1. The number of nitrogens with one attached hydrogen (secondary N) is 1. The fourth-order valence-corrected chi connectivity index (χ4v) is 5.74. The molecule has 1 unspecified atom stereocenters. The summed E-state index contributed by atoms with van der Waals surface area (Å²) in [6.45, 7) is 7.73. The molecule has 226 valence electrons. The molecule has 2 aromatic carbocycles. The van der Waals surface area contributed by atoms with Gasteiger partial charge >= 0.3 is 18.2 Å². The van der Waals surface area contributed by atoms with Crippen LogP contribution in [0.1, 0.15) is 67.9 Å². The number of rotatable bonds is 4. The van der Waals surface area contributed by atoms with E-state index in [9.17, 15) is 27.6 Å². The number of carbonyl (C=O) groups excluding carboxylic acids is 3. The number of amides is 2. The fourth-order valence-electron chi connectivity index (χ4n) is 4.57. The van der Waals surface area contributed by atoms with Crippen molar-refractivity contribution in [2.45, 2.75) is 65.2 Å². The molecule has 1 aliphatic rings. The van der Waals surface area contributed by atoms with Gasteiger partial charge in [0.2, 0.25) is 0 Å². The zero-order chi connectivity index (χ0) is 30.8. The number of hydrogen-bond donors (Lipinski definition) is 1. The van der Waals surface area contributed by atoms with Crippen LogP contribution in [-0.4, -0.2) is 46.5 Å². The van der Waals surface area contributed by atoms with Crippen molar-refractivity contribution in [2.24, 2.45) is 5.92 Å². The van der Waals surface area contributed by atoms with E-state index in [2.05, 4.69) is 10.3 Å². The second kappa shape index (κ2) is 12.5. The highest BCUT2D eigenvalue weighted by atomic mass is 35.5. The number of aryl methyl sites for hydroxylation is 1. The van der Waals surface area contributed by atoms with Gasteiger partial charge in [0.25, 0.3) is 5.91 Å². The van der Waals surface area contributed by atoms with Crippen molar-refractivity contribution in [3.63, 3.8) is 0 Å². The van der Waals surface area contributed by atoms with Gasteiger partial charge in [0.15, 0.2) is 5.13 Å². The molecule has 0 spiro atoms. The topological polar surface area (TPSA) is 97.8 Å². The smallest absolute Gasteiger partial charge is 0.416 e. The number of likely N-dealkylation sites (tertiary alicyclic amines) is 1. The standard InChI is InChI=1S/C29H31ClF3N3O5S/c1-16-13-19(30)15-20(24(37)35-26-34-21-9-8-18(29(31,32)33)14-22(21)42-26)23(16)40-27(39)36-11-6-5-7-17(10-12-36)25(38)41-28(2,3)4/h8-9,13-15,17H,5-7,10-12H2,1-4H3,(H,34,35,37). The molecule has 2 heterocycles. The third-order valence-corrected chi connectivity index (χ3v) is 7.74. The van der Waals surface area contributed by atoms with Gasteiger partial charge in [-0.15, -0.1) is 0 Å². The summed E-state index contributed by atoms with van der Waals surface area (Å²) in [7, 11) is 0. The summed E-state index contributed by atoms with van der Waals surface area (Å²) >= 11 is 7.10. The van der Waals surface area contributed by atoms with Gasteiger partial charge in [-0.25, -0.2) is 9.78 Å². The van der Waals surface area contributed by atoms with Gasteiger partial charge in [0.1, 0.15) is 11.4 Å². The second-order valence-electron chi connectivity index (χ2n) is 11.1. The summed E-state index contributed by atoms with van der Waals surface area (Å²) in [6.07, 6.45) is -2.73. The highest BCUT2D eigenvalue weighted by Gasteiger charge is 2.31. The minimum Gasteiger partial charge on any atom is -0.460 e. The number of carbonyl (C=O) groups is 3. The second-order valence-corrected chi connectivity index (χ2v) is 12.6. The number of esters is 1. The van der Waals surface area contributed by atoms with Gasteiger partial charge < -0.3 is 14.4 Å². The number of anilines is 1. The van der Waals surface area contributed by atoms with Crippen LogP contribution in [0.4, 0.5) is 23.1 Å². The van der Waals surface area contributed by atoms with E-state index in [0.717, 1.165) is 29.9 Å². The normalized spacial score (nSPS) is 16.5. The molecule has 0 radical (unpaired) electrons. The monoisotopic (exact) mass is 625 g/mol. The number of hydrogen-bond acceptors (Lipinski definition) is 7. The summed E-state index contributed by atoms with van der Waals surface area (Å²) in [6, 6.07) is 6.01. The molecule has 1 atom stereocenters. The highest BCUT2D eigenvalue weighted by Crippen LogP contribution is 2.35. The van der Waals surface area contributed by atoms with E-state index in [4.69, 9.17) is 21.1 Å². The maximum absolute atomic E-state index is 13.3. The minimum atomic E-state index is -4.51. The summed E-state index contributed by atoms with van der Waals surface area (Å²) in [5, 5.41) is 2.88. The third kappa shape index (κ3) is 7.91. The van der Waals surface area contributed by atoms with Crippen LogP contribution in [0.25, 0.3) is 10.2 Å². The number of nitrogens with zero attached hydrogens (tertiary/aromatic N) is 2. The lowest BCUT2D eigenvalue weighted by atomic mass is 9.96. The summed E-state index contributed by atoms with van der Waals surface area (Å²) in [5.74, 6) is -1.35. The largest absolute Gasteiger partial charge is 0.460 e. The van der Waals surface area contributed by atoms with E-state index in [0.29, 0.717) is 36.9 Å². The van der Waals surface area contributed by atoms with Crippen molar-refractivity contribution < 1.29 is 37.0 Å². The van der Waals surface area contributed by atoms with E-state index in [1.807, 2.05) is 0 Å². The van der Waals surface area contributed by atoms with Gasteiger partial charge in [0, 0.05) is 18.1 Å². The van der Waals surface area contributed by atoms with E-state index in [1.54, 1.807) is 33.8 Å². The van der Waals surface area contributed by atoms with Gasteiger partial charge in [0.05, 0.1) is 27.3 Å². The van der Waals surface area contributed by atoms with Crippen molar-refractivity contribution in [3.8, 4) is 5.75 Å². The lowest BCUT2D eigenvalue weighted by Gasteiger charge is -2.29. The Morgan fingerprint density at radius 3 is 2.50 bits per heavy atom. The van der Waals surface area contributed by atoms with Crippen LogP contribution in [0, 0.1) is 12.8 Å².